The smallest absolute Gasteiger partial charge is 0.338 e. The predicted molar refractivity (Wildman–Crippen MR) is 106 cm³/mol. The summed E-state index contributed by atoms with van der Waals surface area (Å²) < 4.78 is 15.2. The second-order valence-electron chi connectivity index (χ2n) is 6.98. The fourth-order valence-corrected chi connectivity index (χ4v) is 3.66. The van der Waals surface area contributed by atoms with Gasteiger partial charge >= 0.3 is 5.97 Å². The van der Waals surface area contributed by atoms with Crippen molar-refractivity contribution in [3.8, 4) is 0 Å². The zero-order valence-electron chi connectivity index (χ0n) is 16.0. The number of aromatic nitrogens is 3. The van der Waals surface area contributed by atoms with Crippen molar-refractivity contribution in [2.24, 2.45) is 5.73 Å². The highest BCUT2D eigenvalue weighted by atomic mass is 19.1. The van der Waals surface area contributed by atoms with Crippen LogP contribution in [0.3, 0.4) is 0 Å². The lowest BCUT2D eigenvalue weighted by Crippen LogP contribution is -2.38. The van der Waals surface area contributed by atoms with Crippen LogP contribution in [-0.4, -0.2) is 31.5 Å². The second-order valence-corrected chi connectivity index (χ2v) is 6.98. The minimum absolute atomic E-state index is 0.0171. The van der Waals surface area contributed by atoms with Crippen molar-refractivity contribution in [1.82, 2.24) is 14.5 Å². The Labute approximate surface area is 171 Å². The molecule has 2 aromatic heterocycles. The molecule has 1 amide bonds. The first kappa shape index (κ1) is 19.4. The van der Waals surface area contributed by atoms with E-state index >= 15 is 0 Å². The van der Waals surface area contributed by atoms with Crippen LogP contribution in [0, 0.1) is 12.7 Å². The van der Waals surface area contributed by atoms with Crippen molar-refractivity contribution in [1.29, 1.82) is 0 Å². The van der Waals surface area contributed by atoms with Gasteiger partial charge in [-0.15, -0.1) is 0 Å². The SMILES string of the molecule is Cc1cn(C(CC(N)=O)N2c3c(C(=O)O)ccnc3NC2c2ccc(F)cc2)cn1. The highest BCUT2D eigenvalue weighted by Crippen LogP contribution is 2.46. The maximum atomic E-state index is 13.5. The average Bonchev–Trinajstić information content (AvgIpc) is 3.30. The number of fused-ring (bicyclic) bond motifs is 1. The zero-order chi connectivity index (χ0) is 21.4. The maximum absolute atomic E-state index is 13.5. The highest BCUT2D eigenvalue weighted by molar-refractivity contribution is 5.99. The number of carbonyl (C=O) groups excluding carboxylic acids is 1. The number of anilines is 2. The summed E-state index contributed by atoms with van der Waals surface area (Å²) in [5.41, 5.74) is 7.25. The molecule has 0 spiro atoms. The number of carbonyl (C=O) groups is 2. The Kier molecular flexibility index (Phi) is 4.82. The first-order valence-corrected chi connectivity index (χ1v) is 9.16. The topological polar surface area (TPSA) is 126 Å². The van der Waals surface area contributed by atoms with Crippen molar-refractivity contribution in [3.63, 3.8) is 0 Å². The maximum Gasteiger partial charge on any atom is 0.338 e. The molecule has 4 rings (SSSR count). The lowest BCUT2D eigenvalue weighted by atomic mass is 10.1. The van der Waals surface area contributed by atoms with Crippen LogP contribution < -0.4 is 16.0 Å². The van der Waals surface area contributed by atoms with Crippen molar-refractivity contribution in [2.45, 2.75) is 25.7 Å². The molecule has 1 aromatic carbocycles. The fourth-order valence-electron chi connectivity index (χ4n) is 3.66. The number of primary amides is 1. The van der Waals surface area contributed by atoms with Crippen molar-refractivity contribution in [2.75, 3.05) is 10.2 Å². The Balaban J connectivity index is 1.91. The van der Waals surface area contributed by atoms with Crippen LogP contribution in [0.4, 0.5) is 15.9 Å². The van der Waals surface area contributed by atoms with Gasteiger partial charge in [-0.05, 0) is 30.7 Å². The third kappa shape index (κ3) is 3.43. The molecule has 2 unspecified atom stereocenters. The van der Waals surface area contributed by atoms with Crippen LogP contribution in [0.15, 0.2) is 49.1 Å². The van der Waals surface area contributed by atoms with Crippen LogP contribution in [0.5, 0.6) is 0 Å². The first-order valence-electron chi connectivity index (χ1n) is 9.16. The molecule has 3 aromatic rings. The molecule has 9 nitrogen and oxygen atoms in total. The van der Waals surface area contributed by atoms with Crippen LogP contribution in [0.1, 0.15) is 40.4 Å². The Morgan fingerprint density at radius 2 is 2.00 bits per heavy atom. The number of halogens is 1. The number of nitrogens with one attached hydrogen (secondary N) is 1. The summed E-state index contributed by atoms with van der Waals surface area (Å²) in [7, 11) is 0. The molecule has 0 bridgehead atoms. The third-order valence-corrected chi connectivity index (χ3v) is 4.93. The molecule has 30 heavy (non-hydrogen) atoms. The molecule has 1 aliphatic heterocycles. The van der Waals surface area contributed by atoms with Gasteiger partial charge in [0.05, 0.1) is 29.7 Å². The number of pyridine rings is 1. The van der Waals surface area contributed by atoms with E-state index in [2.05, 4.69) is 15.3 Å². The number of hydrogen-bond donors (Lipinski definition) is 3. The number of hydrogen-bond acceptors (Lipinski definition) is 6. The fraction of sp³-hybridized carbons (Fsp3) is 0.200. The standard InChI is InChI=1S/C20H19FN6O3/c1-11-9-26(10-24-11)16(8-15(22)28)27-17-14(20(29)30)6-7-23-18(17)25-19(27)12-2-4-13(21)5-3-12/h2-7,9-10,16,19H,8H2,1H3,(H2,22,28)(H,23,25)(H,29,30). The lowest BCUT2D eigenvalue weighted by molar-refractivity contribution is -0.118. The van der Waals surface area contributed by atoms with E-state index in [0.717, 1.165) is 5.69 Å². The number of rotatable bonds is 6. The normalized spacial score (nSPS) is 16.1. The monoisotopic (exact) mass is 410 g/mol. The number of imidazole rings is 1. The number of nitrogens with zero attached hydrogens (tertiary/aromatic N) is 4. The second kappa shape index (κ2) is 7.47. The minimum atomic E-state index is -1.14. The molecular weight excluding hydrogens is 391 g/mol. The van der Waals surface area contributed by atoms with Crippen LogP contribution in [0.25, 0.3) is 0 Å². The van der Waals surface area contributed by atoms with Crippen molar-refractivity contribution >= 4 is 23.4 Å². The van der Waals surface area contributed by atoms with E-state index in [0.29, 0.717) is 17.1 Å². The van der Waals surface area contributed by atoms with E-state index in [4.69, 9.17) is 5.73 Å². The van der Waals surface area contributed by atoms with Gasteiger partial charge in [0.1, 0.15) is 18.1 Å². The van der Waals surface area contributed by atoms with E-state index in [9.17, 15) is 19.1 Å². The van der Waals surface area contributed by atoms with Gasteiger partial charge in [0, 0.05) is 12.4 Å². The third-order valence-electron chi connectivity index (χ3n) is 4.93. The molecule has 0 aliphatic carbocycles. The number of nitrogens with two attached hydrogens (primary N) is 1. The minimum Gasteiger partial charge on any atom is -0.478 e. The van der Waals surface area contributed by atoms with E-state index in [1.54, 1.807) is 41.0 Å². The largest absolute Gasteiger partial charge is 0.478 e. The Bertz CT molecular complexity index is 1110. The predicted octanol–water partition coefficient (Wildman–Crippen LogP) is 2.43. The summed E-state index contributed by atoms with van der Waals surface area (Å²) in [6.07, 6.45) is 3.28. The molecule has 0 saturated heterocycles. The number of carboxylic acids is 1. The van der Waals surface area contributed by atoms with E-state index in [1.165, 1.54) is 24.4 Å². The summed E-state index contributed by atoms with van der Waals surface area (Å²) in [5.74, 6) is -1.77. The quantitative estimate of drug-likeness (QED) is 0.570. The first-order chi connectivity index (χ1) is 14.3. The summed E-state index contributed by atoms with van der Waals surface area (Å²) in [6, 6.07) is 7.20. The van der Waals surface area contributed by atoms with Gasteiger partial charge in [-0.2, -0.15) is 0 Å². The van der Waals surface area contributed by atoms with E-state index in [1.807, 2.05) is 0 Å². The molecule has 154 valence electrons. The number of aromatic carboxylic acids is 1. The summed E-state index contributed by atoms with van der Waals surface area (Å²) in [5, 5.41) is 12.9. The summed E-state index contributed by atoms with van der Waals surface area (Å²) >= 11 is 0. The van der Waals surface area contributed by atoms with Gasteiger partial charge in [0.25, 0.3) is 0 Å². The van der Waals surface area contributed by atoms with Gasteiger partial charge in [-0.25, -0.2) is 19.2 Å². The number of carboxylic acid groups (broad SMARTS) is 1. The molecule has 0 radical (unpaired) electrons. The van der Waals surface area contributed by atoms with Crippen molar-refractivity contribution < 1.29 is 19.1 Å². The molecule has 1 aliphatic rings. The summed E-state index contributed by atoms with van der Waals surface area (Å²) in [4.78, 5) is 34.1. The van der Waals surface area contributed by atoms with Gasteiger partial charge in [0.15, 0.2) is 5.82 Å². The molecule has 10 heteroatoms. The van der Waals surface area contributed by atoms with E-state index < -0.39 is 30.0 Å². The van der Waals surface area contributed by atoms with Crippen molar-refractivity contribution in [3.05, 3.63) is 71.7 Å². The Hall–Kier alpha value is -3.95. The number of benzene rings is 1. The Morgan fingerprint density at radius 1 is 1.27 bits per heavy atom. The lowest BCUT2D eigenvalue weighted by Gasteiger charge is -2.35. The number of amides is 1. The number of aryl methyl sites for hydroxylation is 1. The molecule has 3 heterocycles. The van der Waals surface area contributed by atoms with Crippen LogP contribution >= 0.6 is 0 Å². The molecular formula is C20H19FN6O3. The van der Waals surface area contributed by atoms with E-state index in [-0.39, 0.29) is 12.0 Å². The van der Waals surface area contributed by atoms with Gasteiger partial charge in [-0.3, -0.25) is 4.79 Å². The molecule has 0 fully saturated rings. The summed E-state index contributed by atoms with van der Waals surface area (Å²) in [6.45, 7) is 1.80. The van der Waals surface area contributed by atoms with Crippen LogP contribution in [0.2, 0.25) is 0 Å². The van der Waals surface area contributed by atoms with Crippen LogP contribution in [-0.2, 0) is 4.79 Å². The average molecular weight is 410 g/mol. The van der Waals surface area contributed by atoms with Gasteiger partial charge in [-0.1, -0.05) is 12.1 Å². The molecule has 4 N–H and O–H groups in total. The highest BCUT2D eigenvalue weighted by Gasteiger charge is 2.40. The molecule has 2 atom stereocenters. The van der Waals surface area contributed by atoms with Gasteiger partial charge in [0.2, 0.25) is 5.91 Å². The Morgan fingerprint density at radius 3 is 2.60 bits per heavy atom. The van der Waals surface area contributed by atoms with Gasteiger partial charge < -0.3 is 25.6 Å². The molecule has 0 saturated carbocycles. The zero-order valence-corrected chi connectivity index (χ0v) is 16.0.